The van der Waals surface area contributed by atoms with Crippen LogP contribution in [0.1, 0.15) is 29.7 Å². The Bertz CT molecular complexity index is 1360. The second kappa shape index (κ2) is 9.47. The van der Waals surface area contributed by atoms with Gasteiger partial charge in [0.25, 0.3) is 10.1 Å². The Hall–Kier alpha value is -3.00. The van der Waals surface area contributed by atoms with Crippen molar-refractivity contribution in [3.05, 3.63) is 102 Å². The Morgan fingerprint density at radius 3 is 2.45 bits per heavy atom. The number of nitrogens with zero attached hydrogens (tertiary/aromatic N) is 1. The van der Waals surface area contributed by atoms with Crippen LogP contribution in [0.4, 0.5) is 4.39 Å². The summed E-state index contributed by atoms with van der Waals surface area (Å²) in [5, 5.41) is 12.2. The van der Waals surface area contributed by atoms with Crippen molar-refractivity contribution in [3.63, 3.8) is 0 Å². The molecule has 4 aromatic rings. The molecular weight excluding hydrogens is 441 g/mol. The van der Waals surface area contributed by atoms with Crippen LogP contribution in [0.25, 0.3) is 10.9 Å². The normalized spacial score (nSPS) is 13.8. The van der Waals surface area contributed by atoms with E-state index >= 15 is 0 Å². The highest BCUT2D eigenvalue weighted by Gasteiger charge is 2.28. The standard InChI is InChI=1S/C26H26FNO4S/c1-3-19-16-28(24-10-5-4-9-23(19)24)26(20-7-6-8-21(27)15-20)25(29)17-32-33(30,31)22-13-11-18(2)12-14-22/h4-16,25-26,29H,3,17H2,1-2H3. The Kier molecular flexibility index (Phi) is 6.65. The highest BCUT2D eigenvalue weighted by atomic mass is 32.2. The monoisotopic (exact) mass is 467 g/mol. The molecule has 172 valence electrons. The summed E-state index contributed by atoms with van der Waals surface area (Å²) in [6, 6.07) is 19.3. The lowest BCUT2D eigenvalue weighted by atomic mass is 10.0. The SMILES string of the molecule is CCc1cn(C(c2cccc(F)c2)C(O)COS(=O)(=O)c2ccc(C)cc2)c2ccccc12. The van der Waals surface area contributed by atoms with Crippen LogP contribution in [0.15, 0.2) is 83.9 Å². The molecule has 1 N–H and O–H groups in total. The maximum atomic E-state index is 14.1. The second-order valence-electron chi connectivity index (χ2n) is 8.05. The molecule has 0 aliphatic carbocycles. The number of aliphatic hydroxyl groups is 1. The molecule has 0 aliphatic heterocycles. The van der Waals surface area contributed by atoms with Crippen LogP contribution in [0.5, 0.6) is 0 Å². The first-order valence-corrected chi connectivity index (χ1v) is 12.2. The van der Waals surface area contributed by atoms with Crippen LogP contribution in [-0.4, -0.2) is 30.8 Å². The predicted molar refractivity (Wildman–Crippen MR) is 126 cm³/mol. The summed E-state index contributed by atoms with van der Waals surface area (Å²) in [5.41, 5.74) is 3.38. The van der Waals surface area contributed by atoms with Gasteiger partial charge in [0.05, 0.1) is 17.5 Å². The number of aromatic nitrogens is 1. The molecule has 1 aromatic heterocycles. The number of hydrogen-bond acceptors (Lipinski definition) is 4. The van der Waals surface area contributed by atoms with Gasteiger partial charge >= 0.3 is 0 Å². The summed E-state index contributed by atoms with van der Waals surface area (Å²) in [5.74, 6) is -0.440. The number of para-hydroxylation sites is 1. The molecule has 0 saturated heterocycles. The van der Waals surface area contributed by atoms with Crippen molar-refractivity contribution in [2.75, 3.05) is 6.61 Å². The van der Waals surface area contributed by atoms with Gasteiger partial charge in [-0.3, -0.25) is 4.18 Å². The van der Waals surface area contributed by atoms with E-state index in [-0.39, 0.29) is 4.90 Å². The topological polar surface area (TPSA) is 68.5 Å². The third kappa shape index (κ3) is 4.85. The van der Waals surface area contributed by atoms with E-state index in [4.69, 9.17) is 4.18 Å². The summed E-state index contributed by atoms with van der Waals surface area (Å²) in [6.07, 6.45) is 1.45. The van der Waals surface area contributed by atoms with E-state index in [1.807, 2.05) is 48.9 Å². The van der Waals surface area contributed by atoms with Crippen molar-refractivity contribution < 1.29 is 22.1 Å². The Morgan fingerprint density at radius 2 is 1.76 bits per heavy atom. The molecule has 0 aliphatic rings. The zero-order valence-electron chi connectivity index (χ0n) is 18.5. The molecule has 5 nitrogen and oxygen atoms in total. The van der Waals surface area contributed by atoms with Crippen molar-refractivity contribution >= 4 is 21.0 Å². The van der Waals surface area contributed by atoms with Gasteiger partial charge in [0, 0.05) is 17.1 Å². The Balaban J connectivity index is 1.71. The first kappa shape index (κ1) is 23.2. The van der Waals surface area contributed by atoms with Gasteiger partial charge in [0.1, 0.15) is 11.9 Å². The lowest BCUT2D eigenvalue weighted by Gasteiger charge is -2.26. The van der Waals surface area contributed by atoms with E-state index < -0.39 is 34.7 Å². The molecule has 1 heterocycles. The van der Waals surface area contributed by atoms with Gasteiger partial charge in [-0.05, 0) is 54.8 Å². The first-order valence-electron chi connectivity index (χ1n) is 10.8. The lowest BCUT2D eigenvalue weighted by molar-refractivity contribution is 0.0784. The van der Waals surface area contributed by atoms with E-state index in [1.165, 1.54) is 24.3 Å². The van der Waals surface area contributed by atoms with E-state index in [1.54, 1.807) is 24.3 Å². The fourth-order valence-corrected chi connectivity index (χ4v) is 5.00. The fraction of sp³-hybridized carbons (Fsp3) is 0.231. The van der Waals surface area contributed by atoms with Crippen molar-refractivity contribution in [3.8, 4) is 0 Å². The average Bonchev–Trinajstić information content (AvgIpc) is 3.17. The molecule has 0 spiro atoms. The molecule has 2 atom stereocenters. The maximum absolute atomic E-state index is 14.1. The maximum Gasteiger partial charge on any atom is 0.297 e. The van der Waals surface area contributed by atoms with Crippen LogP contribution in [-0.2, 0) is 20.7 Å². The Labute approximate surface area is 193 Å². The number of aliphatic hydroxyl groups excluding tert-OH is 1. The number of hydrogen-bond donors (Lipinski definition) is 1. The summed E-state index contributed by atoms with van der Waals surface area (Å²) >= 11 is 0. The van der Waals surface area contributed by atoms with E-state index in [0.29, 0.717) is 5.56 Å². The van der Waals surface area contributed by atoms with Crippen molar-refractivity contribution in [1.82, 2.24) is 4.57 Å². The molecule has 0 fully saturated rings. The first-order chi connectivity index (χ1) is 15.8. The lowest BCUT2D eigenvalue weighted by Crippen LogP contribution is -2.30. The van der Waals surface area contributed by atoms with Crippen molar-refractivity contribution in [2.24, 2.45) is 0 Å². The van der Waals surface area contributed by atoms with Crippen LogP contribution in [0.2, 0.25) is 0 Å². The molecule has 2 unspecified atom stereocenters. The van der Waals surface area contributed by atoms with Crippen molar-refractivity contribution in [2.45, 2.75) is 37.3 Å². The average molecular weight is 468 g/mol. The zero-order valence-corrected chi connectivity index (χ0v) is 19.3. The van der Waals surface area contributed by atoms with Gasteiger partial charge in [0.2, 0.25) is 0 Å². The summed E-state index contributed by atoms with van der Waals surface area (Å²) in [7, 11) is -4.06. The fourth-order valence-electron chi connectivity index (χ4n) is 4.07. The van der Waals surface area contributed by atoms with Crippen LogP contribution in [0, 0.1) is 12.7 Å². The number of aryl methyl sites for hydroxylation is 2. The van der Waals surface area contributed by atoms with Gasteiger partial charge in [0.15, 0.2) is 0 Å². The smallest absolute Gasteiger partial charge is 0.297 e. The molecule has 0 radical (unpaired) electrons. The van der Waals surface area contributed by atoms with Gasteiger partial charge in [-0.15, -0.1) is 0 Å². The van der Waals surface area contributed by atoms with Gasteiger partial charge < -0.3 is 9.67 Å². The van der Waals surface area contributed by atoms with E-state index in [0.717, 1.165) is 28.5 Å². The van der Waals surface area contributed by atoms with Crippen LogP contribution < -0.4 is 0 Å². The van der Waals surface area contributed by atoms with Crippen LogP contribution >= 0.6 is 0 Å². The highest BCUT2D eigenvalue weighted by Crippen LogP contribution is 2.31. The summed E-state index contributed by atoms with van der Waals surface area (Å²) in [4.78, 5) is 0.0160. The minimum Gasteiger partial charge on any atom is -0.388 e. The molecule has 0 bridgehead atoms. The Morgan fingerprint density at radius 1 is 1.03 bits per heavy atom. The quantitative estimate of drug-likeness (QED) is 0.370. The summed E-state index contributed by atoms with van der Waals surface area (Å²) in [6.45, 7) is 3.42. The van der Waals surface area contributed by atoms with Gasteiger partial charge in [-0.2, -0.15) is 8.42 Å². The van der Waals surface area contributed by atoms with Gasteiger partial charge in [-0.25, -0.2) is 4.39 Å². The number of halogens is 1. The molecular formula is C26H26FNO4S. The minimum absolute atomic E-state index is 0.0160. The number of benzene rings is 3. The molecule has 0 amide bonds. The molecule has 7 heteroatoms. The molecule has 4 rings (SSSR count). The molecule has 0 saturated carbocycles. The zero-order chi connectivity index (χ0) is 23.6. The number of fused-ring (bicyclic) bond motifs is 1. The van der Waals surface area contributed by atoms with Crippen molar-refractivity contribution in [1.29, 1.82) is 0 Å². The predicted octanol–water partition coefficient (Wildman–Crippen LogP) is 5.01. The largest absolute Gasteiger partial charge is 0.388 e. The third-order valence-corrected chi connectivity index (χ3v) is 7.06. The minimum atomic E-state index is -4.06. The van der Waals surface area contributed by atoms with Gasteiger partial charge in [-0.1, -0.05) is 55.0 Å². The van der Waals surface area contributed by atoms with Crippen LogP contribution in [0.3, 0.4) is 0 Å². The number of rotatable bonds is 8. The molecule has 3 aromatic carbocycles. The summed E-state index contributed by atoms with van der Waals surface area (Å²) < 4.78 is 46.5. The second-order valence-corrected chi connectivity index (χ2v) is 9.67. The molecule has 33 heavy (non-hydrogen) atoms. The van der Waals surface area contributed by atoms with E-state index in [2.05, 4.69) is 0 Å². The third-order valence-electron chi connectivity index (χ3n) is 5.76. The van der Waals surface area contributed by atoms with E-state index in [9.17, 15) is 17.9 Å². The highest BCUT2D eigenvalue weighted by molar-refractivity contribution is 7.86.